The van der Waals surface area contributed by atoms with E-state index in [1.54, 1.807) is 0 Å². The molecule has 0 atom stereocenters. The van der Waals surface area contributed by atoms with E-state index < -0.39 is 5.97 Å². The van der Waals surface area contributed by atoms with Crippen LogP contribution >= 0.6 is 0 Å². The van der Waals surface area contributed by atoms with E-state index in [0.717, 1.165) is 22.9 Å². The second-order valence-corrected chi connectivity index (χ2v) is 5.21. The molecule has 3 rings (SSSR count). The Balaban J connectivity index is 1.92. The summed E-state index contributed by atoms with van der Waals surface area (Å²) in [6, 6.07) is 2.04. The number of carbonyl (C=O) groups is 1. The van der Waals surface area contributed by atoms with E-state index in [1.165, 1.54) is 19.3 Å². The Labute approximate surface area is 111 Å². The van der Waals surface area contributed by atoms with Crippen LogP contribution in [0.4, 0.5) is 0 Å². The van der Waals surface area contributed by atoms with Crippen LogP contribution in [0.3, 0.4) is 0 Å². The fraction of sp³-hybridized carbons (Fsp3) is 0.500. The lowest BCUT2D eigenvalue weighted by Crippen LogP contribution is -2.12. The van der Waals surface area contributed by atoms with Crippen LogP contribution < -0.4 is 0 Å². The fourth-order valence-corrected chi connectivity index (χ4v) is 2.48. The zero-order valence-corrected chi connectivity index (χ0v) is 11.0. The number of carboxylic acid groups (broad SMARTS) is 1. The van der Waals surface area contributed by atoms with Crippen molar-refractivity contribution in [2.24, 2.45) is 0 Å². The molecule has 0 bridgehead atoms. The van der Waals surface area contributed by atoms with E-state index in [-0.39, 0.29) is 6.42 Å². The normalized spacial score (nSPS) is 15.6. The van der Waals surface area contributed by atoms with Gasteiger partial charge in [-0.15, -0.1) is 0 Å². The van der Waals surface area contributed by atoms with E-state index in [0.29, 0.717) is 12.3 Å². The molecule has 100 valence electrons. The first-order valence-electron chi connectivity index (χ1n) is 6.71. The minimum absolute atomic E-state index is 0.117. The molecule has 0 amide bonds. The fourth-order valence-electron chi connectivity index (χ4n) is 2.48. The first-order valence-corrected chi connectivity index (χ1v) is 6.71. The van der Waals surface area contributed by atoms with Crippen molar-refractivity contribution in [3.63, 3.8) is 0 Å². The molecule has 1 fully saturated rings. The largest absolute Gasteiger partial charge is 0.481 e. The van der Waals surface area contributed by atoms with Crippen LogP contribution in [-0.2, 0) is 11.2 Å². The summed E-state index contributed by atoms with van der Waals surface area (Å²) in [5.74, 6) is 0.721. The lowest BCUT2D eigenvalue weighted by molar-refractivity contribution is -0.136. The highest BCUT2D eigenvalue weighted by Crippen LogP contribution is 2.35. The first-order chi connectivity index (χ1) is 9.13. The molecule has 2 heterocycles. The number of imidazole rings is 1. The number of hydrogen-bond donors (Lipinski definition) is 1. The molecule has 1 N–H and O–H groups in total. The topological polar surface area (TPSA) is 67.5 Å². The van der Waals surface area contributed by atoms with Crippen molar-refractivity contribution < 1.29 is 9.90 Å². The van der Waals surface area contributed by atoms with Crippen LogP contribution in [0, 0.1) is 6.92 Å². The molecule has 0 radical (unpaired) electrons. The summed E-state index contributed by atoms with van der Waals surface area (Å²) in [6.07, 6.45) is 6.20. The number of aliphatic carboxylic acids is 1. The minimum atomic E-state index is -0.790. The summed E-state index contributed by atoms with van der Waals surface area (Å²) in [7, 11) is 0. The first kappa shape index (κ1) is 12.1. The summed E-state index contributed by atoms with van der Waals surface area (Å²) >= 11 is 0. The number of fused-ring (bicyclic) bond motifs is 1. The summed E-state index contributed by atoms with van der Waals surface area (Å²) in [5.41, 5.74) is 2.83. The van der Waals surface area contributed by atoms with Crippen molar-refractivity contribution in [2.45, 2.75) is 44.9 Å². The molecular formula is C14H17N3O2. The lowest BCUT2D eigenvalue weighted by atomic mass is 9.83. The lowest BCUT2D eigenvalue weighted by Gasteiger charge is -2.24. The molecule has 0 saturated heterocycles. The van der Waals surface area contributed by atoms with E-state index in [9.17, 15) is 4.79 Å². The Morgan fingerprint density at radius 2 is 2.26 bits per heavy atom. The third-order valence-corrected chi connectivity index (χ3v) is 3.82. The Morgan fingerprint density at radius 1 is 1.47 bits per heavy atom. The van der Waals surface area contributed by atoms with Crippen LogP contribution in [0.5, 0.6) is 0 Å². The average Bonchev–Trinajstić information content (AvgIpc) is 2.67. The van der Waals surface area contributed by atoms with Gasteiger partial charge in [0.15, 0.2) is 0 Å². The van der Waals surface area contributed by atoms with Gasteiger partial charge >= 0.3 is 5.97 Å². The Hall–Kier alpha value is -1.91. The number of rotatable bonds is 4. The molecule has 5 heteroatoms. The number of aryl methyl sites for hydroxylation is 2. The van der Waals surface area contributed by atoms with Crippen molar-refractivity contribution in [3.8, 4) is 0 Å². The second kappa shape index (κ2) is 4.64. The smallest absolute Gasteiger partial charge is 0.303 e. The number of aromatic nitrogens is 3. The molecule has 0 aliphatic heterocycles. The second-order valence-electron chi connectivity index (χ2n) is 5.21. The molecule has 1 aliphatic rings. The predicted molar refractivity (Wildman–Crippen MR) is 70.3 cm³/mol. The number of nitrogens with zero attached hydrogens (tertiary/aromatic N) is 3. The van der Waals surface area contributed by atoms with Crippen LogP contribution in [0.25, 0.3) is 5.65 Å². The maximum absolute atomic E-state index is 10.6. The van der Waals surface area contributed by atoms with Crippen molar-refractivity contribution in [2.75, 3.05) is 0 Å². The Bertz CT molecular complexity index is 629. The van der Waals surface area contributed by atoms with E-state index in [1.807, 2.05) is 23.6 Å². The molecule has 2 aromatic heterocycles. The highest BCUT2D eigenvalue weighted by atomic mass is 16.4. The van der Waals surface area contributed by atoms with Crippen LogP contribution in [0.1, 0.15) is 48.8 Å². The van der Waals surface area contributed by atoms with E-state index in [2.05, 4.69) is 9.97 Å². The third kappa shape index (κ3) is 2.32. The molecule has 1 aliphatic carbocycles. The molecular weight excluding hydrogens is 242 g/mol. The average molecular weight is 259 g/mol. The minimum Gasteiger partial charge on any atom is -0.481 e. The van der Waals surface area contributed by atoms with Crippen molar-refractivity contribution in [1.29, 1.82) is 0 Å². The van der Waals surface area contributed by atoms with Crippen LogP contribution in [-0.4, -0.2) is 25.4 Å². The Kier molecular flexibility index (Phi) is 2.97. The molecule has 2 aromatic rings. The summed E-state index contributed by atoms with van der Waals surface area (Å²) in [4.78, 5) is 19.7. The highest BCUT2D eigenvalue weighted by molar-refractivity contribution is 5.67. The quantitative estimate of drug-likeness (QED) is 0.915. The van der Waals surface area contributed by atoms with E-state index >= 15 is 0 Å². The molecule has 5 nitrogen and oxygen atoms in total. The van der Waals surface area contributed by atoms with Gasteiger partial charge in [0.05, 0.1) is 12.1 Å². The Morgan fingerprint density at radius 3 is 2.89 bits per heavy atom. The zero-order chi connectivity index (χ0) is 13.4. The van der Waals surface area contributed by atoms with Crippen LogP contribution in [0.2, 0.25) is 0 Å². The summed E-state index contributed by atoms with van der Waals surface area (Å²) in [6.45, 7) is 1.97. The van der Waals surface area contributed by atoms with Crippen molar-refractivity contribution >= 4 is 11.6 Å². The maximum atomic E-state index is 10.6. The monoisotopic (exact) mass is 259 g/mol. The van der Waals surface area contributed by atoms with Gasteiger partial charge in [-0.05, 0) is 19.8 Å². The SMILES string of the molecule is Cc1nc(C2CCC2)cc2nc(CCC(=O)O)cn12. The third-order valence-electron chi connectivity index (χ3n) is 3.82. The van der Waals surface area contributed by atoms with Gasteiger partial charge in [0.2, 0.25) is 0 Å². The number of carboxylic acids is 1. The van der Waals surface area contributed by atoms with Crippen LogP contribution in [0.15, 0.2) is 12.3 Å². The molecule has 1 saturated carbocycles. The molecule has 0 unspecified atom stereocenters. The van der Waals surface area contributed by atoms with Crippen molar-refractivity contribution in [3.05, 3.63) is 29.5 Å². The van der Waals surface area contributed by atoms with Gasteiger partial charge in [-0.25, -0.2) is 9.97 Å². The summed E-state index contributed by atoms with van der Waals surface area (Å²) in [5, 5.41) is 8.71. The van der Waals surface area contributed by atoms with E-state index in [4.69, 9.17) is 5.11 Å². The van der Waals surface area contributed by atoms with Gasteiger partial charge in [0.1, 0.15) is 11.5 Å². The maximum Gasteiger partial charge on any atom is 0.303 e. The number of hydrogen-bond acceptors (Lipinski definition) is 3. The van der Waals surface area contributed by atoms with Gasteiger partial charge in [0.25, 0.3) is 0 Å². The van der Waals surface area contributed by atoms with Gasteiger partial charge in [-0.2, -0.15) is 0 Å². The predicted octanol–water partition coefficient (Wildman–Crippen LogP) is 2.32. The standard InChI is InChI=1S/C14H17N3O2/c1-9-15-12(10-3-2-4-10)7-13-16-11(8-17(9)13)5-6-14(18)19/h7-8,10H,2-6H2,1H3,(H,18,19). The van der Waals surface area contributed by atoms with Gasteiger partial charge in [-0.3, -0.25) is 9.20 Å². The van der Waals surface area contributed by atoms with Gasteiger partial charge < -0.3 is 5.11 Å². The molecule has 0 spiro atoms. The van der Waals surface area contributed by atoms with Crippen molar-refractivity contribution in [1.82, 2.24) is 14.4 Å². The van der Waals surface area contributed by atoms with Gasteiger partial charge in [0, 0.05) is 30.3 Å². The highest BCUT2D eigenvalue weighted by Gasteiger charge is 2.22. The molecule has 19 heavy (non-hydrogen) atoms. The zero-order valence-electron chi connectivity index (χ0n) is 11.0. The molecule has 0 aromatic carbocycles. The van der Waals surface area contributed by atoms with Gasteiger partial charge in [-0.1, -0.05) is 6.42 Å². The summed E-state index contributed by atoms with van der Waals surface area (Å²) < 4.78 is 1.94.